The van der Waals surface area contributed by atoms with Crippen LogP contribution >= 0.6 is 0 Å². The van der Waals surface area contributed by atoms with E-state index in [0.29, 0.717) is 6.04 Å². The van der Waals surface area contributed by atoms with Gasteiger partial charge in [-0.1, -0.05) is 31.2 Å². The molecule has 0 fully saturated rings. The highest BCUT2D eigenvalue weighted by molar-refractivity contribution is 5.32. The molecule has 1 nitrogen and oxygen atoms in total. The van der Waals surface area contributed by atoms with E-state index in [2.05, 4.69) is 42.4 Å². The summed E-state index contributed by atoms with van der Waals surface area (Å²) in [6.07, 6.45) is 11.0. The van der Waals surface area contributed by atoms with Crippen molar-refractivity contribution in [1.29, 1.82) is 0 Å². The Bertz CT molecular complexity index is 391. The molecular formula is C17H23N. The first-order valence-corrected chi connectivity index (χ1v) is 7.08. The molecule has 0 radical (unpaired) electrons. The number of hydrogen-bond donors (Lipinski definition) is 1. The van der Waals surface area contributed by atoms with Crippen molar-refractivity contribution in [3.63, 3.8) is 0 Å². The number of fused-ring (bicyclic) bond motifs is 1. The van der Waals surface area contributed by atoms with E-state index in [-0.39, 0.29) is 0 Å². The standard InChI is InChI=1S/C17H23N/c1-3-5-10-17(18-11-4-2)16-12-14-8-6-7-9-15(14)13-16/h1,6-9,16-18H,4-5,10-13H2,2H3. The van der Waals surface area contributed by atoms with Crippen LogP contribution in [0.25, 0.3) is 0 Å². The third-order valence-electron chi connectivity index (χ3n) is 3.91. The fourth-order valence-corrected chi connectivity index (χ4v) is 2.95. The van der Waals surface area contributed by atoms with E-state index in [9.17, 15) is 0 Å². The number of rotatable bonds is 6. The second kappa shape index (κ2) is 6.61. The minimum absolute atomic E-state index is 0.577. The van der Waals surface area contributed by atoms with Gasteiger partial charge < -0.3 is 5.32 Å². The fraction of sp³-hybridized carbons (Fsp3) is 0.529. The van der Waals surface area contributed by atoms with Crippen LogP contribution in [0.15, 0.2) is 24.3 Å². The maximum absolute atomic E-state index is 5.41. The second-order valence-corrected chi connectivity index (χ2v) is 5.24. The summed E-state index contributed by atoms with van der Waals surface area (Å²) in [5.74, 6) is 3.50. The lowest BCUT2D eigenvalue weighted by Crippen LogP contribution is -2.37. The molecule has 1 aromatic rings. The van der Waals surface area contributed by atoms with Gasteiger partial charge in [-0.15, -0.1) is 12.3 Å². The van der Waals surface area contributed by atoms with Gasteiger partial charge in [-0.05, 0) is 49.3 Å². The first-order valence-electron chi connectivity index (χ1n) is 7.08. The molecule has 1 heteroatoms. The van der Waals surface area contributed by atoms with Gasteiger partial charge in [0.1, 0.15) is 0 Å². The molecule has 1 atom stereocenters. The van der Waals surface area contributed by atoms with Crippen molar-refractivity contribution in [2.45, 2.75) is 45.1 Å². The molecule has 0 aliphatic heterocycles. The van der Waals surface area contributed by atoms with Gasteiger partial charge in [-0.3, -0.25) is 0 Å². The summed E-state index contributed by atoms with van der Waals surface area (Å²) in [5.41, 5.74) is 3.07. The van der Waals surface area contributed by atoms with Gasteiger partial charge in [0.25, 0.3) is 0 Å². The Balaban J connectivity index is 1.98. The van der Waals surface area contributed by atoms with Crippen LogP contribution in [0, 0.1) is 18.3 Å². The van der Waals surface area contributed by atoms with Crippen LogP contribution in [0.2, 0.25) is 0 Å². The SMILES string of the molecule is C#CCCC(NCCC)C1Cc2ccccc2C1. The van der Waals surface area contributed by atoms with Gasteiger partial charge in [-0.25, -0.2) is 0 Å². The van der Waals surface area contributed by atoms with Gasteiger partial charge in [0.2, 0.25) is 0 Å². The van der Waals surface area contributed by atoms with E-state index in [0.717, 1.165) is 25.3 Å². The van der Waals surface area contributed by atoms with Gasteiger partial charge in [0.05, 0.1) is 0 Å². The van der Waals surface area contributed by atoms with Crippen molar-refractivity contribution in [3.05, 3.63) is 35.4 Å². The molecule has 96 valence electrons. The van der Waals surface area contributed by atoms with Crippen LogP contribution in [0.5, 0.6) is 0 Å². The number of hydrogen-bond acceptors (Lipinski definition) is 1. The molecule has 0 aromatic heterocycles. The Morgan fingerprint density at radius 2 is 2.00 bits per heavy atom. The molecule has 1 aromatic carbocycles. The average molecular weight is 241 g/mol. The zero-order valence-electron chi connectivity index (χ0n) is 11.3. The fourth-order valence-electron chi connectivity index (χ4n) is 2.95. The Kier molecular flexibility index (Phi) is 4.84. The van der Waals surface area contributed by atoms with Gasteiger partial charge >= 0.3 is 0 Å². The third-order valence-corrected chi connectivity index (χ3v) is 3.91. The Morgan fingerprint density at radius 3 is 2.56 bits per heavy atom. The van der Waals surface area contributed by atoms with Crippen LogP contribution in [0.3, 0.4) is 0 Å². The van der Waals surface area contributed by atoms with Crippen molar-refractivity contribution in [3.8, 4) is 12.3 Å². The highest BCUT2D eigenvalue weighted by Gasteiger charge is 2.27. The largest absolute Gasteiger partial charge is 0.314 e. The summed E-state index contributed by atoms with van der Waals surface area (Å²) < 4.78 is 0. The van der Waals surface area contributed by atoms with E-state index < -0.39 is 0 Å². The predicted octanol–water partition coefficient (Wildman–Crippen LogP) is 3.18. The summed E-state index contributed by atoms with van der Waals surface area (Å²) >= 11 is 0. The Hall–Kier alpha value is -1.26. The monoisotopic (exact) mass is 241 g/mol. The van der Waals surface area contributed by atoms with E-state index in [1.807, 2.05) is 0 Å². The summed E-state index contributed by atoms with van der Waals surface area (Å²) in [4.78, 5) is 0. The van der Waals surface area contributed by atoms with Crippen molar-refractivity contribution < 1.29 is 0 Å². The highest BCUT2D eigenvalue weighted by atomic mass is 14.9. The van der Waals surface area contributed by atoms with Crippen molar-refractivity contribution >= 4 is 0 Å². The Morgan fingerprint density at radius 1 is 1.33 bits per heavy atom. The predicted molar refractivity (Wildman–Crippen MR) is 77.5 cm³/mol. The summed E-state index contributed by atoms with van der Waals surface area (Å²) in [6, 6.07) is 9.42. The zero-order valence-corrected chi connectivity index (χ0v) is 11.3. The van der Waals surface area contributed by atoms with Crippen LogP contribution in [0.4, 0.5) is 0 Å². The normalized spacial score (nSPS) is 16.2. The number of terminal acetylenes is 1. The summed E-state index contributed by atoms with van der Waals surface area (Å²) in [5, 5.41) is 3.69. The smallest absolute Gasteiger partial charge is 0.0111 e. The van der Waals surface area contributed by atoms with Crippen LogP contribution in [0.1, 0.15) is 37.3 Å². The average Bonchev–Trinajstić information content (AvgIpc) is 2.82. The molecule has 0 amide bonds. The molecule has 1 aliphatic rings. The number of nitrogens with one attached hydrogen (secondary N) is 1. The topological polar surface area (TPSA) is 12.0 Å². The minimum Gasteiger partial charge on any atom is -0.314 e. The lowest BCUT2D eigenvalue weighted by atomic mass is 9.93. The molecule has 0 heterocycles. The van der Waals surface area contributed by atoms with Gasteiger partial charge in [-0.2, -0.15) is 0 Å². The highest BCUT2D eigenvalue weighted by Crippen LogP contribution is 2.30. The van der Waals surface area contributed by atoms with Crippen molar-refractivity contribution in [2.24, 2.45) is 5.92 Å². The molecule has 2 rings (SSSR count). The molecule has 0 spiro atoms. The van der Waals surface area contributed by atoms with Crippen molar-refractivity contribution in [1.82, 2.24) is 5.32 Å². The van der Waals surface area contributed by atoms with E-state index >= 15 is 0 Å². The molecule has 1 unspecified atom stereocenters. The van der Waals surface area contributed by atoms with Gasteiger partial charge in [0.15, 0.2) is 0 Å². The molecule has 1 aliphatic carbocycles. The van der Waals surface area contributed by atoms with Crippen LogP contribution in [-0.2, 0) is 12.8 Å². The molecule has 0 saturated heterocycles. The van der Waals surface area contributed by atoms with Crippen molar-refractivity contribution in [2.75, 3.05) is 6.54 Å². The maximum Gasteiger partial charge on any atom is 0.0111 e. The second-order valence-electron chi connectivity index (χ2n) is 5.24. The molecule has 0 saturated carbocycles. The maximum atomic E-state index is 5.41. The van der Waals surface area contributed by atoms with Gasteiger partial charge in [0, 0.05) is 12.5 Å². The molecule has 1 N–H and O–H groups in total. The lowest BCUT2D eigenvalue weighted by molar-refractivity contribution is 0.348. The molecule has 18 heavy (non-hydrogen) atoms. The lowest BCUT2D eigenvalue weighted by Gasteiger charge is -2.24. The summed E-state index contributed by atoms with van der Waals surface area (Å²) in [7, 11) is 0. The molecule has 0 bridgehead atoms. The minimum atomic E-state index is 0.577. The Labute approximate surface area is 111 Å². The quantitative estimate of drug-likeness (QED) is 0.754. The van der Waals surface area contributed by atoms with E-state index in [4.69, 9.17) is 6.42 Å². The number of benzene rings is 1. The third kappa shape index (κ3) is 3.15. The first kappa shape index (κ1) is 13.2. The van der Waals surface area contributed by atoms with E-state index in [1.165, 1.54) is 30.4 Å². The van der Waals surface area contributed by atoms with E-state index in [1.54, 1.807) is 0 Å². The first-order chi connectivity index (χ1) is 8.85. The summed E-state index contributed by atoms with van der Waals surface area (Å²) in [6.45, 7) is 3.32. The van der Waals surface area contributed by atoms with Crippen LogP contribution in [-0.4, -0.2) is 12.6 Å². The van der Waals surface area contributed by atoms with Crippen LogP contribution < -0.4 is 5.32 Å². The zero-order chi connectivity index (χ0) is 12.8. The molecular weight excluding hydrogens is 218 g/mol.